The highest BCUT2D eigenvalue weighted by molar-refractivity contribution is 9.10. The molecule has 2 heterocycles. The Morgan fingerprint density at radius 3 is 2.57 bits per heavy atom. The summed E-state index contributed by atoms with van der Waals surface area (Å²) in [5, 5.41) is 4.88. The summed E-state index contributed by atoms with van der Waals surface area (Å²) < 4.78 is 34.1. The summed E-state index contributed by atoms with van der Waals surface area (Å²) in [7, 11) is -1.84. The van der Waals surface area contributed by atoms with Crippen LogP contribution in [0.5, 0.6) is 0 Å². The summed E-state index contributed by atoms with van der Waals surface area (Å²) >= 11 is 4.89. The van der Waals surface area contributed by atoms with Gasteiger partial charge in [0, 0.05) is 28.0 Å². The zero-order valence-electron chi connectivity index (χ0n) is 12.0. The van der Waals surface area contributed by atoms with Crippen molar-refractivity contribution in [2.24, 2.45) is 0 Å². The summed E-state index contributed by atoms with van der Waals surface area (Å²) in [6.07, 6.45) is 0. The normalized spacial score (nSPS) is 12.0. The molecule has 21 heavy (non-hydrogen) atoms. The Kier molecular flexibility index (Phi) is 5.26. The smallest absolute Gasteiger partial charge is 0.244 e. The number of halogens is 1. The predicted octanol–water partition coefficient (Wildman–Crippen LogP) is 2.92. The third-order valence-corrected chi connectivity index (χ3v) is 6.58. The zero-order chi connectivity index (χ0) is 15.6. The van der Waals surface area contributed by atoms with Crippen LogP contribution < -0.4 is 10.0 Å². The average Bonchev–Trinajstić information content (AvgIpc) is 2.92. The quantitative estimate of drug-likeness (QED) is 0.792. The van der Waals surface area contributed by atoms with Gasteiger partial charge in [0.2, 0.25) is 10.0 Å². The van der Waals surface area contributed by atoms with Crippen molar-refractivity contribution in [2.45, 2.75) is 31.8 Å². The van der Waals surface area contributed by atoms with Gasteiger partial charge in [-0.3, -0.25) is 0 Å². The van der Waals surface area contributed by atoms with Gasteiger partial charge in [-0.2, -0.15) is 0 Å². The van der Waals surface area contributed by atoms with E-state index in [2.05, 4.69) is 26.0 Å². The lowest BCUT2D eigenvalue weighted by molar-refractivity contribution is 0.493. The van der Waals surface area contributed by atoms with Crippen molar-refractivity contribution >= 4 is 37.3 Å². The van der Waals surface area contributed by atoms with Gasteiger partial charge in [0.25, 0.3) is 0 Å². The Morgan fingerprint density at radius 1 is 1.29 bits per heavy atom. The molecule has 116 valence electrons. The highest BCUT2D eigenvalue weighted by Crippen LogP contribution is 2.27. The van der Waals surface area contributed by atoms with Gasteiger partial charge in [-0.15, -0.1) is 11.3 Å². The molecule has 0 amide bonds. The van der Waals surface area contributed by atoms with Crippen LogP contribution in [-0.4, -0.2) is 15.5 Å². The minimum Gasteiger partial charge on any atom is -0.465 e. The maximum Gasteiger partial charge on any atom is 0.244 e. The first-order valence-electron chi connectivity index (χ1n) is 6.31. The van der Waals surface area contributed by atoms with Crippen molar-refractivity contribution in [3.63, 3.8) is 0 Å². The van der Waals surface area contributed by atoms with E-state index >= 15 is 0 Å². The Balaban J connectivity index is 2.29. The van der Waals surface area contributed by atoms with Gasteiger partial charge in [0.1, 0.15) is 16.4 Å². The van der Waals surface area contributed by atoms with Crippen LogP contribution >= 0.6 is 27.3 Å². The fourth-order valence-corrected chi connectivity index (χ4v) is 5.09. The molecule has 2 aromatic rings. The minimum absolute atomic E-state index is 0.238. The van der Waals surface area contributed by atoms with Crippen molar-refractivity contribution in [1.29, 1.82) is 0 Å². The molecule has 0 aliphatic carbocycles. The van der Waals surface area contributed by atoms with Crippen molar-refractivity contribution < 1.29 is 12.8 Å². The highest BCUT2D eigenvalue weighted by Gasteiger charge is 2.26. The van der Waals surface area contributed by atoms with Crippen LogP contribution in [0.15, 0.2) is 25.2 Å². The predicted molar refractivity (Wildman–Crippen MR) is 87.0 cm³/mol. The molecular formula is C13H17BrN2O3S2. The molecule has 0 aromatic carbocycles. The van der Waals surface area contributed by atoms with E-state index in [4.69, 9.17) is 4.42 Å². The molecule has 0 spiro atoms. The van der Waals surface area contributed by atoms with Crippen molar-refractivity contribution in [1.82, 2.24) is 10.0 Å². The van der Waals surface area contributed by atoms with Crippen molar-refractivity contribution in [3.8, 4) is 0 Å². The maximum atomic E-state index is 12.6. The number of sulfonamides is 1. The number of thiophene rings is 1. The average molecular weight is 393 g/mol. The Bertz CT molecular complexity index is 735. The van der Waals surface area contributed by atoms with Gasteiger partial charge in [0.15, 0.2) is 0 Å². The third-order valence-electron chi connectivity index (χ3n) is 3.06. The fourth-order valence-electron chi connectivity index (χ4n) is 2.13. The van der Waals surface area contributed by atoms with E-state index in [-0.39, 0.29) is 11.4 Å². The number of aryl methyl sites for hydroxylation is 2. The minimum atomic E-state index is -3.61. The van der Waals surface area contributed by atoms with Crippen LogP contribution in [0.2, 0.25) is 0 Å². The standard InChI is InChI=1S/C13H17BrN2O3S2/c1-8-10(6-15-3)13(9(2)19-8)21(17,18)16-7-12-11(14)4-5-20-12/h4-5,15-16H,6-7H2,1-3H3. The summed E-state index contributed by atoms with van der Waals surface area (Å²) in [4.78, 5) is 1.17. The summed E-state index contributed by atoms with van der Waals surface area (Å²) in [6.45, 7) is 4.14. The fraction of sp³-hybridized carbons (Fsp3) is 0.385. The number of furan rings is 1. The van der Waals surface area contributed by atoms with Gasteiger partial charge in [-0.05, 0) is 48.3 Å². The molecule has 0 atom stereocenters. The molecule has 2 rings (SSSR count). The SMILES string of the molecule is CNCc1c(C)oc(C)c1S(=O)(=O)NCc1sccc1Br. The molecule has 0 radical (unpaired) electrons. The summed E-state index contributed by atoms with van der Waals surface area (Å²) in [6, 6.07) is 1.90. The molecule has 0 saturated heterocycles. The van der Waals surface area contributed by atoms with Crippen LogP contribution in [0.3, 0.4) is 0 Å². The number of rotatable bonds is 6. The molecule has 0 aliphatic rings. The Morgan fingerprint density at radius 2 is 2.00 bits per heavy atom. The van der Waals surface area contributed by atoms with Crippen LogP contribution in [-0.2, 0) is 23.1 Å². The van der Waals surface area contributed by atoms with Crippen LogP contribution in [0, 0.1) is 13.8 Å². The van der Waals surface area contributed by atoms with Crippen LogP contribution in [0.4, 0.5) is 0 Å². The second kappa shape index (κ2) is 6.62. The monoisotopic (exact) mass is 392 g/mol. The molecule has 5 nitrogen and oxygen atoms in total. The molecule has 2 N–H and O–H groups in total. The molecule has 0 fully saturated rings. The number of nitrogens with one attached hydrogen (secondary N) is 2. The van der Waals surface area contributed by atoms with Gasteiger partial charge >= 0.3 is 0 Å². The van der Waals surface area contributed by atoms with Crippen molar-refractivity contribution in [3.05, 3.63) is 37.9 Å². The Hall–Kier alpha value is -0.670. The molecule has 0 aliphatic heterocycles. The molecule has 0 saturated carbocycles. The van der Waals surface area contributed by atoms with E-state index in [0.717, 1.165) is 9.35 Å². The van der Waals surface area contributed by atoms with Crippen molar-refractivity contribution in [2.75, 3.05) is 7.05 Å². The van der Waals surface area contributed by atoms with Crippen LogP contribution in [0.25, 0.3) is 0 Å². The van der Waals surface area contributed by atoms with E-state index in [1.807, 2.05) is 11.4 Å². The van der Waals surface area contributed by atoms with Gasteiger partial charge < -0.3 is 9.73 Å². The Labute approximate surface area is 136 Å². The number of hydrogen-bond donors (Lipinski definition) is 2. The first-order valence-corrected chi connectivity index (χ1v) is 9.47. The maximum absolute atomic E-state index is 12.6. The van der Waals surface area contributed by atoms with E-state index in [1.165, 1.54) is 11.3 Å². The largest absolute Gasteiger partial charge is 0.465 e. The topological polar surface area (TPSA) is 71.3 Å². The van der Waals surface area contributed by atoms with Gasteiger partial charge in [0.05, 0.1) is 0 Å². The lowest BCUT2D eigenvalue weighted by Crippen LogP contribution is -2.25. The molecule has 0 bridgehead atoms. The molecule has 8 heteroatoms. The van der Waals surface area contributed by atoms with Gasteiger partial charge in [-0.1, -0.05) is 0 Å². The van der Waals surface area contributed by atoms with E-state index in [1.54, 1.807) is 20.9 Å². The summed E-state index contributed by atoms with van der Waals surface area (Å²) in [5.74, 6) is 1.04. The molecule has 2 aromatic heterocycles. The highest BCUT2D eigenvalue weighted by atomic mass is 79.9. The zero-order valence-corrected chi connectivity index (χ0v) is 15.2. The first-order chi connectivity index (χ1) is 9.86. The van der Waals surface area contributed by atoms with E-state index in [9.17, 15) is 8.42 Å². The number of hydrogen-bond acceptors (Lipinski definition) is 5. The van der Waals surface area contributed by atoms with Crippen LogP contribution in [0.1, 0.15) is 22.0 Å². The summed E-state index contributed by atoms with van der Waals surface area (Å²) in [5.41, 5.74) is 0.674. The second-order valence-electron chi connectivity index (χ2n) is 4.57. The van der Waals surface area contributed by atoms with Gasteiger partial charge in [-0.25, -0.2) is 13.1 Å². The first kappa shape index (κ1) is 16.7. The van der Waals surface area contributed by atoms with E-state index in [0.29, 0.717) is 23.6 Å². The lowest BCUT2D eigenvalue weighted by atomic mass is 10.2. The van der Waals surface area contributed by atoms with E-state index < -0.39 is 10.0 Å². The molecule has 0 unspecified atom stereocenters. The molecular weight excluding hydrogens is 376 g/mol. The third kappa shape index (κ3) is 3.57. The lowest BCUT2D eigenvalue weighted by Gasteiger charge is -2.08. The second-order valence-corrected chi connectivity index (χ2v) is 8.13.